The molecule has 0 bridgehead atoms. The Bertz CT molecular complexity index is 494. The van der Waals surface area contributed by atoms with E-state index in [1.807, 2.05) is 5.32 Å². The number of aliphatic carboxylic acids is 1. The minimum Gasteiger partial charge on any atom is -0.480 e. The van der Waals surface area contributed by atoms with E-state index in [-0.39, 0.29) is 13.1 Å². The van der Waals surface area contributed by atoms with Gasteiger partial charge >= 0.3 is 5.97 Å². The van der Waals surface area contributed by atoms with Crippen LogP contribution in [0.15, 0.2) is 0 Å². The van der Waals surface area contributed by atoms with E-state index in [0.29, 0.717) is 0 Å². The highest BCUT2D eigenvalue weighted by atomic mass is 16.4. The summed E-state index contributed by atoms with van der Waals surface area (Å²) in [5, 5.41) is 26.5. The molecule has 12 heteroatoms. The third-order valence-corrected chi connectivity index (χ3v) is 2.59. The number of aliphatic hydroxyl groups is 1. The lowest BCUT2D eigenvalue weighted by atomic mass is 10.2. The van der Waals surface area contributed by atoms with Gasteiger partial charge in [0, 0.05) is 0 Å². The summed E-state index contributed by atoms with van der Waals surface area (Å²) < 4.78 is 0. The molecule has 12 nitrogen and oxygen atoms in total. The van der Waals surface area contributed by atoms with Gasteiger partial charge in [0.15, 0.2) is 6.04 Å². The Balaban J connectivity index is 4.04. The van der Waals surface area contributed by atoms with Crippen LogP contribution in [0.25, 0.3) is 0 Å². The van der Waals surface area contributed by atoms with Crippen molar-refractivity contribution in [1.29, 1.82) is 0 Å². The molecule has 136 valence electrons. The number of hydrogen-bond acceptors (Lipinski definition) is 7. The lowest BCUT2D eigenvalue weighted by molar-refractivity contribution is -0.144. The monoisotopic (exact) mass is 347 g/mol. The normalized spacial score (nSPS) is 12.5. The highest BCUT2D eigenvalue weighted by Crippen LogP contribution is 1.92. The number of nitrogens with two attached hydrogens (primary N) is 1. The molecule has 0 spiro atoms. The van der Waals surface area contributed by atoms with Crippen LogP contribution in [0.2, 0.25) is 0 Å². The van der Waals surface area contributed by atoms with Crippen LogP contribution in [0.4, 0.5) is 0 Å². The second kappa shape index (κ2) is 10.9. The molecule has 0 rings (SSSR count). The molecule has 8 N–H and O–H groups in total. The van der Waals surface area contributed by atoms with Gasteiger partial charge in [-0.1, -0.05) is 0 Å². The number of nitrogens with one attached hydrogen (secondary N) is 4. The van der Waals surface area contributed by atoms with Crippen LogP contribution >= 0.6 is 0 Å². The fourth-order valence-corrected chi connectivity index (χ4v) is 1.35. The fraction of sp³-hybridized carbons (Fsp3) is 0.583. The van der Waals surface area contributed by atoms with Crippen LogP contribution in [0.3, 0.4) is 0 Å². The van der Waals surface area contributed by atoms with Crippen molar-refractivity contribution in [3.63, 3.8) is 0 Å². The van der Waals surface area contributed by atoms with Crippen molar-refractivity contribution in [1.82, 2.24) is 21.3 Å². The van der Waals surface area contributed by atoms with Crippen LogP contribution in [-0.4, -0.2) is 78.1 Å². The number of hydrogen-bond donors (Lipinski definition) is 7. The van der Waals surface area contributed by atoms with Crippen LogP contribution in [0, 0.1) is 0 Å². The number of carbonyl (C=O) groups is 5. The minimum atomic E-state index is -1.50. The summed E-state index contributed by atoms with van der Waals surface area (Å²) in [6.45, 7) is -0.403. The predicted octanol–water partition coefficient (Wildman–Crippen LogP) is -4.76. The quantitative estimate of drug-likeness (QED) is 0.204. The van der Waals surface area contributed by atoms with Crippen molar-refractivity contribution in [3.8, 4) is 0 Å². The predicted molar refractivity (Wildman–Crippen MR) is 79.3 cm³/mol. The zero-order valence-electron chi connectivity index (χ0n) is 13.0. The first-order chi connectivity index (χ1) is 11.2. The van der Waals surface area contributed by atoms with Gasteiger partial charge in [0.1, 0.15) is 0 Å². The number of carboxylic acids is 1. The largest absolute Gasteiger partial charge is 0.480 e. The average Bonchev–Trinajstić information content (AvgIpc) is 2.52. The average molecular weight is 347 g/mol. The van der Waals surface area contributed by atoms with E-state index in [0.717, 1.165) is 0 Å². The van der Waals surface area contributed by atoms with E-state index in [1.54, 1.807) is 0 Å². The van der Waals surface area contributed by atoms with E-state index >= 15 is 0 Å². The first kappa shape index (κ1) is 21.3. The van der Waals surface area contributed by atoms with Crippen molar-refractivity contribution in [3.05, 3.63) is 0 Å². The standard InChI is InChI=1S/C12H21N5O7/c1-6(18)11(12(23)24)17-10(22)5-16-9(21)4-15-8(20)3-14-7(19)2-13/h6,11,18H,2-5,13H2,1H3,(H,14,19)(H,15,20)(H,16,21)(H,17,22)(H,23,24). The SMILES string of the molecule is CC(O)C(NC(=O)CNC(=O)CNC(=O)CNC(=O)CN)C(=O)O. The fourth-order valence-electron chi connectivity index (χ4n) is 1.35. The molecular formula is C12H21N5O7. The maximum atomic E-state index is 11.5. The molecule has 0 aromatic heterocycles. The van der Waals surface area contributed by atoms with Crippen molar-refractivity contribution in [2.75, 3.05) is 26.2 Å². The Morgan fingerprint density at radius 1 is 0.875 bits per heavy atom. The highest BCUT2D eigenvalue weighted by molar-refractivity contribution is 5.91. The Morgan fingerprint density at radius 2 is 1.29 bits per heavy atom. The maximum absolute atomic E-state index is 11.5. The van der Waals surface area contributed by atoms with Gasteiger partial charge < -0.3 is 37.2 Å². The second-order valence-electron chi connectivity index (χ2n) is 4.66. The highest BCUT2D eigenvalue weighted by Gasteiger charge is 2.24. The van der Waals surface area contributed by atoms with Gasteiger partial charge in [-0.3, -0.25) is 19.2 Å². The van der Waals surface area contributed by atoms with E-state index in [1.165, 1.54) is 6.92 Å². The molecule has 0 aromatic carbocycles. The summed E-state index contributed by atoms with van der Waals surface area (Å²) in [5.74, 6) is -4.10. The van der Waals surface area contributed by atoms with E-state index in [4.69, 9.17) is 10.8 Å². The van der Waals surface area contributed by atoms with Crippen molar-refractivity contribution >= 4 is 29.6 Å². The first-order valence-corrected chi connectivity index (χ1v) is 6.87. The van der Waals surface area contributed by atoms with Gasteiger partial charge in [0.05, 0.1) is 32.3 Å². The topological polar surface area (TPSA) is 200 Å². The first-order valence-electron chi connectivity index (χ1n) is 6.87. The Hall–Kier alpha value is -2.73. The van der Waals surface area contributed by atoms with Gasteiger partial charge in [-0.2, -0.15) is 0 Å². The Labute approximate surface area is 137 Å². The molecule has 0 aliphatic rings. The Kier molecular flexibility index (Phi) is 9.67. The molecule has 0 aromatic rings. The Morgan fingerprint density at radius 3 is 1.67 bits per heavy atom. The van der Waals surface area contributed by atoms with Crippen molar-refractivity contribution in [2.45, 2.75) is 19.1 Å². The van der Waals surface area contributed by atoms with Gasteiger partial charge in [0.2, 0.25) is 23.6 Å². The number of amides is 4. The molecular weight excluding hydrogens is 326 g/mol. The minimum absolute atomic E-state index is 0.271. The van der Waals surface area contributed by atoms with E-state index in [9.17, 15) is 29.1 Å². The van der Waals surface area contributed by atoms with E-state index < -0.39 is 54.8 Å². The van der Waals surface area contributed by atoms with Crippen LogP contribution < -0.4 is 27.0 Å². The zero-order valence-corrected chi connectivity index (χ0v) is 13.0. The molecule has 0 heterocycles. The smallest absolute Gasteiger partial charge is 0.328 e. The third kappa shape index (κ3) is 9.32. The molecule has 0 fully saturated rings. The van der Waals surface area contributed by atoms with Crippen LogP contribution in [-0.2, 0) is 24.0 Å². The summed E-state index contributed by atoms with van der Waals surface area (Å²) in [5.41, 5.74) is 5.02. The number of carboxylic acid groups (broad SMARTS) is 1. The molecule has 4 amide bonds. The summed E-state index contributed by atoms with van der Waals surface area (Å²) in [6.07, 6.45) is -1.31. The molecule has 0 saturated heterocycles. The van der Waals surface area contributed by atoms with Gasteiger partial charge in [-0.05, 0) is 6.92 Å². The molecule has 2 unspecified atom stereocenters. The third-order valence-electron chi connectivity index (χ3n) is 2.59. The lowest BCUT2D eigenvalue weighted by Gasteiger charge is -2.17. The van der Waals surface area contributed by atoms with Crippen molar-refractivity contribution in [2.24, 2.45) is 5.73 Å². The molecule has 0 aliphatic heterocycles. The summed E-state index contributed by atoms with van der Waals surface area (Å²) in [4.78, 5) is 55.8. The molecule has 24 heavy (non-hydrogen) atoms. The molecule has 0 radical (unpaired) electrons. The van der Waals surface area contributed by atoms with E-state index in [2.05, 4.69) is 16.0 Å². The van der Waals surface area contributed by atoms with Crippen LogP contribution in [0.5, 0.6) is 0 Å². The summed E-state index contributed by atoms with van der Waals surface area (Å²) >= 11 is 0. The molecule has 2 atom stereocenters. The summed E-state index contributed by atoms with van der Waals surface area (Å²) in [7, 11) is 0. The number of carbonyl (C=O) groups excluding carboxylic acids is 4. The van der Waals surface area contributed by atoms with Crippen LogP contribution in [0.1, 0.15) is 6.92 Å². The van der Waals surface area contributed by atoms with Crippen molar-refractivity contribution < 1.29 is 34.2 Å². The van der Waals surface area contributed by atoms with Gasteiger partial charge in [-0.15, -0.1) is 0 Å². The van der Waals surface area contributed by atoms with Gasteiger partial charge in [0.25, 0.3) is 0 Å². The van der Waals surface area contributed by atoms with Gasteiger partial charge in [-0.25, -0.2) is 4.79 Å². The number of rotatable bonds is 10. The lowest BCUT2D eigenvalue weighted by Crippen LogP contribution is -2.51. The zero-order chi connectivity index (χ0) is 18.7. The summed E-state index contributed by atoms with van der Waals surface area (Å²) in [6, 6.07) is -1.50. The molecule has 0 aliphatic carbocycles. The molecule has 0 saturated carbocycles. The second-order valence-corrected chi connectivity index (χ2v) is 4.66. The number of aliphatic hydroxyl groups excluding tert-OH is 1. The maximum Gasteiger partial charge on any atom is 0.328 e.